The highest BCUT2D eigenvalue weighted by Gasteiger charge is 2.22. The minimum absolute atomic E-state index is 0.0878. The zero-order valence-corrected chi connectivity index (χ0v) is 21.3. The molecule has 0 amide bonds. The molecule has 4 rings (SSSR count). The number of aliphatic hydroxyl groups is 1. The summed E-state index contributed by atoms with van der Waals surface area (Å²) in [7, 11) is 0. The molecule has 7 heteroatoms. The molecule has 0 radical (unpaired) electrons. The summed E-state index contributed by atoms with van der Waals surface area (Å²) in [5.41, 5.74) is 4.49. The van der Waals surface area contributed by atoms with Gasteiger partial charge in [0.25, 0.3) is 0 Å². The van der Waals surface area contributed by atoms with E-state index >= 15 is 0 Å². The molecule has 0 bridgehead atoms. The lowest BCUT2D eigenvalue weighted by molar-refractivity contribution is -0.117. The minimum Gasteiger partial charge on any atom is -0.503 e. The molecule has 2 heterocycles. The number of morpholine rings is 1. The number of aliphatic imine (C=N–C) groups is 1. The van der Waals surface area contributed by atoms with Crippen molar-refractivity contribution in [3.63, 3.8) is 0 Å². The molecule has 0 spiro atoms. The second kappa shape index (κ2) is 13.3. The number of allylic oxidation sites excluding steroid dienone is 2. The third-order valence-electron chi connectivity index (χ3n) is 6.64. The molecule has 1 saturated heterocycles. The average Bonchev–Trinajstić information content (AvgIpc) is 2.93. The molecule has 2 aliphatic rings. The number of nitrogens with zero attached hydrogens (tertiary/aromatic N) is 2. The van der Waals surface area contributed by atoms with E-state index in [1.54, 1.807) is 6.92 Å². The summed E-state index contributed by atoms with van der Waals surface area (Å²) in [6.07, 6.45) is 2.02. The molecule has 2 aliphatic heterocycles. The number of carbonyl (C=O) groups is 1. The van der Waals surface area contributed by atoms with Gasteiger partial charge in [-0.3, -0.25) is 14.7 Å². The molecule has 1 unspecified atom stereocenters. The van der Waals surface area contributed by atoms with Crippen molar-refractivity contribution in [2.45, 2.75) is 38.3 Å². The molecule has 2 aromatic rings. The van der Waals surface area contributed by atoms with Crippen LogP contribution in [0.4, 0.5) is 4.39 Å². The normalized spacial score (nSPS) is 17.8. The van der Waals surface area contributed by atoms with Crippen LogP contribution in [-0.4, -0.2) is 67.6 Å². The number of ether oxygens (including phenoxy) is 1. The lowest BCUT2D eigenvalue weighted by Gasteiger charge is -2.26. The summed E-state index contributed by atoms with van der Waals surface area (Å²) in [6, 6.07) is 16.0. The fraction of sp³-hybridized carbons (Fsp3) is 0.400. The largest absolute Gasteiger partial charge is 0.503 e. The molecular formula is C30H34FN3O3. The molecule has 2 atom stereocenters. The van der Waals surface area contributed by atoms with Crippen LogP contribution in [0, 0.1) is 11.8 Å². The predicted molar refractivity (Wildman–Crippen MR) is 144 cm³/mol. The smallest absolute Gasteiger partial charge is 0.204 e. The maximum atomic E-state index is 13.0. The van der Waals surface area contributed by atoms with Crippen LogP contribution in [0.15, 0.2) is 65.0 Å². The van der Waals surface area contributed by atoms with Crippen molar-refractivity contribution in [1.82, 2.24) is 10.2 Å². The standard InChI is InChI=1S/C30H34FN3O3/c1-22(19-31)33-20-27(18-28-30(36)29(35)12-13-32-28)26-10-8-24(9-11-26)3-2-23-4-6-25(7-5-23)21-34-14-16-37-17-15-34/h4-11,13,22,27,33,36H,12,14-21H2,1H3/t22-,27?/m0/s1. The number of Topliss-reactive ketones (excluding diaryl/α,β-unsaturated/α-hetero) is 1. The second-order valence-corrected chi connectivity index (χ2v) is 9.56. The van der Waals surface area contributed by atoms with E-state index < -0.39 is 6.67 Å². The van der Waals surface area contributed by atoms with Crippen molar-refractivity contribution < 1.29 is 19.0 Å². The molecule has 2 N–H and O–H groups in total. The molecule has 194 valence electrons. The van der Waals surface area contributed by atoms with E-state index in [2.05, 4.69) is 51.3 Å². The monoisotopic (exact) mass is 503 g/mol. The van der Waals surface area contributed by atoms with Gasteiger partial charge in [-0.2, -0.15) is 0 Å². The Labute approximate surface area is 218 Å². The fourth-order valence-electron chi connectivity index (χ4n) is 4.34. The highest BCUT2D eigenvalue weighted by molar-refractivity contribution is 6.03. The number of alkyl halides is 1. The molecule has 2 aromatic carbocycles. The third-order valence-corrected chi connectivity index (χ3v) is 6.64. The van der Waals surface area contributed by atoms with Crippen molar-refractivity contribution >= 4 is 12.0 Å². The van der Waals surface area contributed by atoms with Gasteiger partial charge in [-0.1, -0.05) is 36.1 Å². The predicted octanol–water partition coefficient (Wildman–Crippen LogP) is 4.15. The van der Waals surface area contributed by atoms with E-state index in [1.165, 1.54) is 11.8 Å². The van der Waals surface area contributed by atoms with Gasteiger partial charge >= 0.3 is 0 Å². The molecule has 0 saturated carbocycles. The number of hydrogen-bond acceptors (Lipinski definition) is 6. The number of nitrogens with one attached hydrogen (secondary N) is 1. The molecule has 0 aromatic heterocycles. The van der Waals surface area contributed by atoms with Gasteiger partial charge in [-0.25, -0.2) is 4.39 Å². The van der Waals surface area contributed by atoms with Crippen molar-refractivity contribution in [3.05, 3.63) is 82.2 Å². The number of hydrogen-bond donors (Lipinski definition) is 2. The van der Waals surface area contributed by atoms with E-state index in [4.69, 9.17) is 4.74 Å². The van der Waals surface area contributed by atoms with E-state index in [0.29, 0.717) is 18.7 Å². The lowest BCUT2D eigenvalue weighted by Crippen LogP contribution is -2.35. The zero-order valence-electron chi connectivity index (χ0n) is 21.3. The molecule has 0 aliphatic carbocycles. The van der Waals surface area contributed by atoms with Crippen molar-refractivity contribution in [2.75, 3.05) is 39.5 Å². The van der Waals surface area contributed by atoms with Crippen molar-refractivity contribution in [1.29, 1.82) is 0 Å². The second-order valence-electron chi connectivity index (χ2n) is 9.56. The molecular weight excluding hydrogens is 469 g/mol. The highest BCUT2D eigenvalue weighted by atomic mass is 19.1. The molecule has 6 nitrogen and oxygen atoms in total. The van der Waals surface area contributed by atoms with Gasteiger partial charge in [0.15, 0.2) is 5.76 Å². The minimum atomic E-state index is -0.472. The SMILES string of the molecule is C[C@@H](CF)NCC(CC1=C(O)C(=O)CC=N1)c1ccc(C#Cc2ccc(CN3CCOCC3)cc2)cc1. The first-order valence-electron chi connectivity index (χ1n) is 12.8. The van der Waals surface area contributed by atoms with Crippen LogP contribution in [0.1, 0.15) is 47.9 Å². The Bertz CT molecular complexity index is 1170. The zero-order chi connectivity index (χ0) is 26.0. The Morgan fingerprint density at radius 2 is 1.73 bits per heavy atom. The number of halogens is 1. The van der Waals surface area contributed by atoms with Gasteiger partial charge in [0, 0.05) is 68.3 Å². The Morgan fingerprint density at radius 1 is 1.08 bits per heavy atom. The highest BCUT2D eigenvalue weighted by Crippen LogP contribution is 2.27. The average molecular weight is 504 g/mol. The summed E-state index contributed by atoms with van der Waals surface area (Å²) in [5.74, 6) is 5.76. The van der Waals surface area contributed by atoms with E-state index in [0.717, 1.165) is 49.5 Å². The van der Waals surface area contributed by atoms with Gasteiger partial charge < -0.3 is 15.2 Å². The first-order chi connectivity index (χ1) is 18.0. The van der Waals surface area contributed by atoms with E-state index in [-0.39, 0.29) is 29.9 Å². The van der Waals surface area contributed by atoms with Crippen molar-refractivity contribution in [2.24, 2.45) is 4.99 Å². The first kappa shape index (κ1) is 26.7. The van der Waals surface area contributed by atoms with Gasteiger partial charge in [0.2, 0.25) is 5.78 Å². The Balaban J connectivity index is 1.42. The summed E-state index contributed by atoms with van der Waals surface area (Å²) >= 11 is 0. The lowest BCUT2D eigenvalue weighted by atomic mass is 9.92. The van der Waals surface area contributed by atoms with Crippen LogP contribution in [0.3, 0.4) is 0 Å². The van der Waals surface area contributed by atoms with Crippen LogP contribution in [0.5, 0.6) is 0 Å². The van der Waals surface area contributed by atoms with Gasteiger partial charge in [-0.05, 0) is 42.3 Å². The van der Waals surface area contributed by atoms with Gasteiger partial charge in [0.1, 0.15) is 6.67 Å². The number of aliphatic hydroxyl groups excluding tert-OH is 1. The summed E-state index contributed by atoms with van der Waals surface area (Å²) < 4.78 is 18.4. The Hall–Kier alpha value is -3.31. The molecule has 37 heavy (non-hydrogen) atoms. The van der Waals surface area contributed by atoms with Crippen LogP contribution in [0.2, 0.25) is 0 Å². The van der Waals surface area contributed by atoms with Gasteiger partial charge in [-0.15, -0.1) is 0 Å². The first-order valence-corrected chi connectivity index (χ1v) is 12.8. The fourth-order valence-corrected chi connectivity index (χ4v) is 4.34. The summed E-state index contributed by atoms with van der Waals surface area (Å²) in [4.78, 5) is 18.5. The van der Waals surface area contributed by atoms with Crippen LogP contribution < -0.4 is 5.32 Å². The van der Waals surface area contributed by atoms with Crippen molar-refractivity contribution in [3.8, 4) is 11.8 Å². The molecule has 1 fully saturated rings. The Morgan fingerprint density at radius 3 is 2.38 bits per heavy atom. The van der Waals surface area contributed by atoms with Crippen LogP contribution in [-0.2, 0) is 16.1 Å². The van der Waals surface area contributed by atoms with Gasteiger partial charge in [0.05, 0.1) is 18.9 Å². The number of carbonyl (C=O) groups excluding carboxylic acids is 1. The Kier molecular flexibility index (Phi) is 9.61. The maximum Gasteiger partial charge on any atom is 0.204 e. The van der Waals surface area contributed by atoms with E-state index in [9.17, 15) is 14.3 Å². The number of ketones is 1. The van der Waals surface area contributed by atoms with Crippen LogP contribution in [0.25, 0.3) is 0 Å². The van der Waals surface area contributed by atoms with E-state index in [1.807, 2.05) is 24.3 Å². The van der Waals surface area contributed by atoms with Crippen LogP contribution >= 0.6 is 0 Å². The quantitative estimate of drug-likeness (QED) is 0.503. The number of benzene rings is 2. The topological polar surface area (TPSA) is 74.2 Å². The maximum absolute atomic E-state index is 13.0. The summed E-state index contributed by atoms with van der Waals surface area (Å²) in [5, 5.41) is 13.4. The number of rotatable bonds is 9. The third kappa shape index (κ3) is 7.83. The summed E-state index contributed by atoms with van der Waals surface area (Å²) in [6.45, 7) is 6.25.